The van der Waals surface area contributed by atoms with Crippen molar-refractivity contribution in [2.45, 2.75) is 25.1 Å². The number of thioether (sulfide) groups is 1. The molecule has 0 aliphatic carbocycles. The highest BCUT2D eigenvalue weighted by Crippen LogP contribution is 2.20. The maximum absolute atomic E-state index is 12.7. The predicted octanol–water partition coefficient (Wildman–Crippen LogP) is 3.72. The van der Waals surface area contributed by atoms with Gasteiger partial charge < -0.3 is 10.2 Å². The Balaban J connectivity index is 1.47. The van der Waals surface area contributed by atoms with Crippen LogP contribution in [0.3, 0.4) is 0 Å². The van der Waals surface area contributed by atoms with Crippen LogP contribution in [0.1, 0.15) is 34.3 Å². The minimum Gasteiger partial charge on any atom is -0.352 e. The Morgan fingerprint density at radius 2 is 1.67 bits per heavy atom. The van der Waals surface area contributed by atoms with E-state index < -0.39 is 0 Å². The van der Waals surface area contributed by atoms with E-state index in [4.69, 9.17) is 0 Å². The van der Waals surface area contributed by atoms with Gasteiger partial charge in [-0.25, -0.2) is 0 Å². The van der Waals surface area contributed by atoms with Crippen LogP contribution in [0.4, 0.5) is 0 Å². The van der Waals surface area contributed by atoms with Crippen molar-refractivity contribution < 1.29 is 9.59 Å². The minimum absolute atomic E-state index is 0.0123. The number of hydrogen-bond donors (Lipinski definition) is 1. The summed E-state index contributed by atoms with van der Waals surface area (Å²) in [6, 6.07) is 17.8. The van der Waals surface area contributed by atoms with E-state index in [0.717, 1.165) is 29.7 Å². The average molecular weight is 383 g/mol. The van der Waals surface area contributed by atoms with Gasteiger partial charge >= 0.3 is 0 Å². The highest BCUT2D eigenvalue weighted by Gasteiger charge is 2.27. The van der Waals surface area contributed by atoms with E-state index >= 15 is 0 Å². The summed E-state index contributed by atoms with van der Waals surface area (Å²) in [5.74, 6) is 1.10. The van der Waals surface area contributed by atoms with Crippen LogP contribution in [0.15, 0.2) is 54.6 Å². The molecule has 5 heteroatoms. The summed E-state index contributed by atoms with van der Waals surface area (Å²) in [6.07, 6.45) is 3.51. The number of likely N-dealkylation sites (tertiary alicyclic amines) is 1. The molecule has 1 saturated heterocycles. The molecular weight excluding hydrogens is 356 g/mol. The molecule has 0 unspecified atom stereocenters. The smallest absolute Gasteiger partial charge is 0.253 e. The Hall–Kier alpha value is -2.27. The van der Waals surface area contributed by atoms with E-state index in [1.54, 1.807) is 11.8 Å². The van der Waals surface area contributed by atoms with Crippen molar-refractivity contribution in [1.29, 1.82) is 0 Å². The molecule has 3 rings (SSSR count). The summed E-state index contributed by atoms with van der Waals surface area (Å²) in [6.45, 7) is 1.82. The molecule has 0 saturated carbocycles. The predicted molar refractivity (Wildman–Crippen MR) is 111 cm³/mol. The third kappa shape index (κ3) is 5.36. The first kappa shape index (κ1) is 19.5. The second kappa shape index (κ2) is 9.60. The van der Waals surface area contributed by atoms with Crippen molar-refractivity contribution in [3.63, 3.8) is 0 Å². The second-order valence-electron chi connectivity index (χ2n) is 6.90. The van der Waals surface area contributed by atoms with Gasteiger partial charge in [0.1, 0.15) is 0 Å². The van der Waals surface area contributed by atoms with Crippen molar-refractivity contribution in [1.82, 2.24) is 10.2 Å². The number of piperidine rings is 1. The van der Waals surface area contributed by atoms with E-state index in [1.807, 2.05) is 59.5 Å². The number of rotatable bonds is 6. The van der Waals surface area contributed by atoms with Crippen LogP contribution >= 0.6 is 11.8 Å². The van der Waals surface area contributed by atoms with Crippen LogP contribution in [0.5, 0.6) is 0 Å². The van der Waals surface area contributed by atoms with E-state index in [1.165, 1.54) is 5.56 Å². The normalized spacial score (nSPS) is 14.8. The molecule has 27 heavy (non-hydrogen) atoms. The number of nitrogens with zero attached hydrogens (tertiary/aromatic N) is 1. The van der Waals surface area contributed by atoms with Gasteiger partial charge in [-0.15, -0.1) is 0 Å². The van der Waals surface area contributed by atoms with Crippen molar-refractivity contribution in [3.05, 3.63) is 71.3 Å². The third-order valence-corrected chi connectivity index (χ3v) is 5.60. The molecule has 2 aromatic carbocycles. The summed E-state index contributed by atoms with van der Waals surface area (Å²) in [4.78, 5) is 26.9. The molecule has 1 N–H and O–H groups in total. The number of carbonyl (C=O) groups excluding carboxylic acids is 2. The van der Waals surface area contributed by atoms with Gasteiger partial charge in [0.15, 0.2) is 0 Å². The number of carbonyl (C=O) groups is 2. The minimum atomic E-state index is -0.0123. The Kier molecular flexibility index (Phi) is 6.93. The lowest BCUT2D eigenvalue weighted by Crippen LogP contribution is -2.42. The van der Waals surface area contributed by atoms with Crippen LogP contribution in [0.2, 0.25) is 0 Å². The maximum atomic E-state index is 12.7. The maximum Gasteiger partial charge on any atom is 0.253 e. The summed E-state index contributed by atoms with van der Waals surface area (Å²) in [5, 5.41) is 3.02. The van der Waals surface area contributed by atoms with Gasteiger partial charge in [-0.1, -0.05) is 42.5 Å². The molecule has 0 aromatic heterocycles. The fourth-order valence-corrected chi connectivity index (χ4v) is 3.89. The molecule has 142 valence electrons. The van der Waals surface area contributed by atoms with Gasteiger partial charge in [0.2, 0.25) is 5.91 Å². The largest absolute Gasteiger partial charge is 0.352 e. The molecule has 0 radical (unpaired) electrons. The molecule has 1 aliphatic rings. The van der Waals surface area contributed by atoms with Gasteiger partial charge in [-0.3, -0.25) is 9.59 Å². The zero-order chi connectivity index (χ0) is 19.1. The Labute approximate surface area is 165 Å². The van der Waals surface area contributed by atoms with Crippen LogP contribution in [-0.4, -0.2) is 36.1 Å². The van der Waals surface area contributed by atoms with Crippen molar-refractivity contribution in [2.24, 2.45) is 5.92 Å². The highest BCUT2D eigenvalue weighted by atomic mass is 32.2. The van der Waals surface area contributed by atoms with Crippen molar-refractivity contribution in [3.8, 4) is 0 Å². The molecule has 0 bridgehead atoms. The average Bonchev–Trinajstić information content (AvgIpc) is 2.73. The fourth-order valence-electron chi connectivity index (χ4n) is 3.37. The molecule has 1 heterocycles. The number of nitrogens with one attached hydrogen (secondary N) is 1. The van der Waals surface area contributed by atoms with Gasteiger partial charge in [-0.2, -0.15) is 11.8 Å². The van der Waals surface area contributed by atoms with Gasteiger partial charge in [-0.05, 0) is 42.4 Å². The van der Waals surface area contributed by atoms with Gasteiger partial charge in [0.25, 0.3) is 5.91 Å². The number of hydrogen-bond acceptors (Lipinski definition) is 3. The lowest BCUT2D eigenvalue weighted by atomic mass is 9.95. The molecule has 0 spiro atoms. The highest BCUT2D eigenvalue weighted by molar-refractivity contribution is 7.97. The Morgan fingerprint density at radius 3 is 2.30 bits per heavy atom. The SMILES string of the molecule is CSCc1ccc(C(=O)N2CCC(C(=O)NCc3ccccc3)CC2)cc1. The van der Waals surface area contributed by atoms with Crippen LogP contribution in [0, 0.1) is 5.92 Å². The monoisotopic (exact) mass is 382 g/mol. The molecule has 1 fully saturated rings. The van der Waals surface area contributed by atoms with Crippen molar-refractivity contribution in [2.75, 3.05) is 19.3 Å². The lowest BCUT2D eigenvalue weighted by molar-refractivity contribution is -0.126. The zero-order valence-corrected chi connectivity index (χ0v) is 16.5. The van der Waals surface area contributed by atoms with E-state index in [9.17, 15) is 9.59 Å². The number of amides is 2. The lowest BCUT2D eigenvalue weighted by Gasteiger charge is -2.31. The summed E-state index contributed by atoms with van der Waals surface area (Å²) < 4.78 is 0. The van der Waals surface area contributed by atoms with E-state index in [2.05, 4.69) is 11.6 Å². The second-order valence-corrected chi connectivity index (χ2v) is 7.77. The van der Waals surface area contributed by atoms with Gasteiger partial charge in [0, 0.05) is 36.9 Å². The van der Waals surface area contributed by atoms with Crippen LogP contribution < -0.4 is 5.32 Å². The van der Waals surface area contributed by atoms with E-state index in [0.29, 0.717) is 19.6 Å². The molecule has 2 aromatic rings. The first-order chi connectivity index (χ1) is 13.2. The number of benzene rings is 2. The Bertz CT molecular complexity index is 754. The standard InChI is InChI=1S/C22H26N2O2S/c1-27-16-18-7-9-20(10-8-18)22(26)24-13-11-19(12-14-24)21(25)23-15-17-5-3-2-4-6-17/h2-10,19H,11-16H2,1H3,(H,23,25). The first-order valence-electron chi connectivity index (χ1n) is 9.36. The van der Waals surface area contributed by atoms with Crippen molar-refractivity contribution >= 4 is 23.6 Å². The van der Waals surface area contributed by atoms with Crippen LogP contribution in [0.25, 0.3) is 0 Å². The van der Waals surface area contributed by atoms with Crippen LogP contribution in [-0.2, 0) is 17.1 Å². The molecular formula is C22H26N2O2S. The molecule has 2 amide bonds. The fraction of sp³-hybridized carbons (Fsp3) is 0.364. The Morgan fingerprint density at radius 1 is 1.00 bits per heavy atom. The zero-order valence-electron chi connectivity index (χ0n) is 15.7. The molecule has 1 aliphatic heterocycles. The molecule has 4 nitrogen and oxygen atoms in total. The first-order valence-corrected chi connectivity index (χ1v) is 10.8. The third-order valence-electron chi connectivity index (χ3n) is 4.97. The van der Waals surface area contributed by atoms with E-state index in [-0.39, 0.29) is 17.7 Å². The quantitative estimate of drug-likeness (QED) is 0.828. The topological polar surface area (TPSA) is 49.4 Å². The summed E-state index contributed by atoms with van der Waals surface area (Å²) in [7, 11) is 0. The summed E-state index contributed by atoms with van der Waals surface area (Å²) >= 11 is 1.77. The van der Waals surface area contributed by atoms with Gasteiger partial charge in [0.05, 0.1) is 0 Å². The molecule has 0 atom stereocenters. The summed E-state index contributed by atoms with van der Waals surface area (Å²) in [5.41, 5.74) is 3.06.